The summed E-state index contributed by atoms with van der Waals surface area (Å²) in [6.07, 6.45) is 6.93. The van der Waals surface area contributed by atoms with Crippen molar-refractivity contribution in [1.82, 2.24) is 9.88 Å². The Bertz CT molecular complexity index is 596. The molecule has 5 nitrogen and oxygen atoms in total. The average molecular weight is 366 g/mol. The lowest BCUT2D eigenvalue weighted by Crippen LogP contribution is -2.40. The molecule has 6 heteroatoms. The van der Waals surface area contributed by atoms with Crippen LogP contribution < -0.4 is 5.32 Å². The summed E-state index contributed by atoms with van der Waals surface area (Å²) >= 11 is 6.34. The van der Waals surface area contributed by atoms with Gasteiger partial charge >= 0.3 is 5.97 Å². The number of halogens is 1. The van der Waals surface area contributed by atoms with E-state index in [0.717, 1.165) is 38.0 Å². The monoisotopic (exact) mass is 365 g/mol. The van der Waals surface area contributed by atoms with Gasteiger partial charge in [-0.15, -0.1) is 0 Å². The second kappa shape index (κ2) is 9.78. The smallest absolute Gasteiger partial charge is 0.330 e. The molecular weight excluding hydrogens is 338 g/mol. The molecule has 2 heterocycles. The third-order valence-electron chi connectivity index (χ3n) is 4.11. The van der Waals surface area contributed by atoms with E-state index in [1.165, 1.54) is 6.08 Å². The summed E-state index contributed by atoms with van der Waals surface area (Å²) in [5.74, 6) is 1.04. The van der Waals surface area contributed by atoms with Crippen molar-refractivity contribution in [3.05, 3.63) is 28.9 Å². The molecule has 0 aliphatic carbocycles. The largest absolute Gasteiger partial charge is 0.463 e. The summed E-state index contributed by atoms with van der Waals surface area (Å²) in [5.41, 5.74) is 0.773. The minimum absolute atomic E-state index is 0.362. The highest BCUT2D eigenvalue weighted by atomic mass is 35.5. The Morgan fingerprint density at radius 3 is 2.80 bits per heavy atom. The van der Waals surface area contributed by atoms with Gasteiger partial charge in [0.25, 0.3) is 0 Å². The van der Waals surface area contributed by atoms with Crippen LogP contribution in [0.15, 0.2) is 18.3 Å². The highest BCUT2D eigenvalue weighted by molar-refractivity contribution is 6.33. The molecule has 0 aromatic carbocycles. The number of esters is 1. The second-order valence-corrected chi connectivity index (χ2v) is 7.20. The van der Waals surface area contributed by atoms with Gasteiger partial charge in [0.15, 0.2) is 0 Å². The average Bonchev–Trinajstić information content (AvgIpc) is 2.57. The number of nitrogens with zero attached hydrogens (tertiary/aromatic N) is 2. The van der Waals surface area contributed by atoms with E-state index in [9.17, 15) is 4.79 Å². The van der Waals surface area contributed by atoms with Crippen LogP contribution in [-0.4, -0.2) is 48.1 Å². The van der Waals surface area contributed by atoms with Crippen LogP contribution in [0.5, 0.6) is 0 Å². The first-order valence-electron chi connectivity index (χ1n) is 8.97. The van der Waals surface area contributed by atoms with Gasteiger partial charge in [0.1, 0.15) is 5.82 Å². The first kappa shape index (κ1) is 19.7. The Labute approximate surface area is 155 Å². The molecule has 0 radical (unpaired) electrons. The number of pyridine rings is 1. The van der Waals surface area contributed by atoms with Crippen LogP contribution in [0.3, 0.4) is 0 Å². The lowest BCUT2D eigenvalue weighted by molar-refractivity contribution is -0.137. The summed E-state index contributed by atoms with van der Waals surface area (Å²) in [5, 5.41) is 4.02. The van der Waals surface area contributed by atoms with Crippen LogP contribution in [-0.2, 0) is 9.53 Å². The molecule has 25 heavy (non-hydrogen) atoms. The number of carbonyl (C=O) groups excluding carboxylic acids is 1. The van der Waals surface area contributed by atoms with Crippen molar-refractivity contribution in [1.29, 1.82) is 0 Å². The van der Waals surface area contributed by atoms with Crippen molar-refractivity contribution in [3.8, 4) is 0 Å². The molecule has 1 aromatic heterocycles. The molecular formula is C19H28ClN3O2. The van der Waals surface area contributed by atoms with Crippen molar-refractivity contribution in [2.45, 2.75) is 39.7 Å². The zero-order chi connectivity index (χ0) is 18.2. The van der Waals surface area contributed by atoms with Crippen LogP contribution >= 0.6 is 11.6 Å². The van der Waals surface area contributed by atoms with E-state index in [0.29, 0.717) is 29.4 Å². The van der Waals surface area contributed by atoms with Gasteiger partial charge in [0.05, 0.1) is 11.6 Å². The fourth-order valence-corrected chi connectivity index (χ4v) is 3.20. The normalized spacial score (nSPS) is 16.5. The third kappa shape index (κ3) is 6.67. The maximum Gasteiger partial charge on any atom is 0.330 e. The number of carbonyl (C=O) groups is 1. The van der Waals surface area contributed by atoms with E-state index in [-0.39, 0.29) is 5.97 Å². The summed E-state index contributed by atoms with van der Waals surface area (Å²) in [6, 6.07) is 2.20. The summed E-state index contributed by atoms with van der Waals surface area (Å²) in [7, 11) is 0. The lowest BCUT2D eigenvalue weighted by Gasteiger charge is -2.33. The molecule has 0 amide bonds. The molecule has 1 N–H and O–H groups in total. The molecule has 1 aliphatic heterocycles. The predicted octanol–water partition coefficient (Wildman–Crippen LogP) is 3.84. The summed E-state index contributed by atoms with van der Waals surface area (Å²) < 4.78 is 4.86. The van der Waals surface area contributed by atoms with E-state index >= 15 is 0 Å². The van der Waals surface area contributed by atoms with Gasteiger partial charge < -0.3 is 15.0 Å². The Balaban J connectivity index is 1.88. The van der Waals surface area contributed by atoms with E-state index in [1.807, 2.05) is 0 Å². The topological polar surface area (TPSA) is 54.5 Å². The molecule has 1 fully saturated rings. The van der Waals surface area contributed by atoms with Gasteiger partial charge in [0, 0.05) is 37.9 Å². The first-order chi connectivity index (χ1) is 12.0. The molecule has 0 saturated carbocycles. The molecule has 1 aromatic rings. The zero-order valence-electron chi connectivity index (χ0n) is 15.3. The number of rotatable bonds is 7. The maximum absolute atomic E-state index is 11.3. The second-order valence-electron chi connectivity index (χ2n) is 6.80. The lowest BCUT2D eigenvalue weighted by atomic mass is 10.0. The molecule has 0 bridgehead atoms. The fraction of sp³-hybridized carbons (Fsp3) is 0.579. The number of nitrogens with one attached hydrogen (secondary N) is 1. The van der Waals surface area contributed by atoms with E-state index < -0.39 is 0 Å². The van der Waals surface area contributed by atoms with Gasteiger partial charge in [-0.05, 0) is 43.4 Å². The quantitative estimate of drug-likeness (QED) is 0.587. The van der Waals surface area contributed by atoms with Gasteiger partial charge in [-0.1, -0.05) is 25.4 Å². The third-order valence-corrected chi connectivity index (χ3v) is 4.40. The molecule has 2 rings (SSSR count). The molecule has 0 atom stereocenters. The van der Waals surface area contributed by atoms with Gasteiger partial charge in [0.2, 0.25) is 0 Å². The fourth-order valence-electron chi connectivity index (χ4n) is 2.97. The van der Waals surface area contributed by atoms with Crippen LogP contribution in [0.2, 0.25) is 5.02 Å². The number of likely N-dealkylation sites (tertiary alicyclic amines) is 1. The number of anilines is 1. The minimum Gasteiger partial charge on any atom is -0.463 e. The Kier molecular flexibility index (Phi) is 7.72. The van der Waals surface area contributed by atoms with Crippen molar-refractivity contribution in [2.75, 3.05) is 31.6 Å². The van der Waals surface area contributed by atoms with E-state index in [1.54, 1.807) is 25.3 Å². The number of aromatic nitrogens is 1. The van der Waals surface area contributed by atoms with Gasteiger partial charge in [-0.2, -0.15) is 0 Å². The van der Waals surface area contributed by atoms with Crippen LogP contribution in [0.25, 0.3) is 6.08 Å². The first-order valence-corrected chi connectivity index (χ1v) is 9.35. The van der Waals surface area contributed by atoms with Crippen LogP contribution in [0.4, 0.5) is 5.82 Å². The Morgan fingerprint density at radius 1 is 1.48 bits per heavy atom. The van der Waals surface area contributed by atoms with Crippen LogP contribution in [0.1, 0.15) is 39.2 Å². The number of piperidine rings is 1. The number of hydrogen-bond donors (Lipinski definition) is 1. The van der Waals surface area contributed by atoms with Crippen molar-refractivity contribution in [2.24, 2.45) is 5.92 Å². The van der Waals surface area contributed by atoms with Gasteiger partial charge in [-0.25, -0.2) is 9.78 Å². The highest BCUT2D eigenvalue weighted by Gasteiger charge is 2.20. The molecule has 0 spiro atoms. The van der Waals surface area contributed by atoms with Crippen molar-refractivity contribution in [3.63, 3.8) is 0 Å². The maximum atomic E-state index is 11.3. The Morgan fingerprint density at radius 2 is 2.20 bits per heavy atom. The van der Waals surface area contributed by atoms with Gasteiger partial charge in [-0.3, -0.25) is 0 Å². The summed E-state index contributed by atoms with van der Waals surface area (Å²) in [4.78, 5) is 18.3. The summed E-state index contributed by atoms with van der Waals surface area (Å²) in [6.45, 7) is 10.0. The zero-order valence-corrected chi connectivity index (χ0v) is 16.1. The van der Waals surface area contributed by atoms with E-state index in [2.05, 4.69) is 29.0 Å². The SMILES string of the molecule is CCOC(=O)C=Cc1cnc(NC2CCN(CC(C)C)CC2)c(Cl)c1. The predicted molar refractivity (Wildman–Crippen MR) is 103 cm³/mol. The van der Waals surface area contributed by atoms with Crippen molar-refractivity contribution < 1.29 is 9.53 Å². The highest BCUT2D eigenvalue weighted by Crippen LogP contribution is 2.24. The molecule has 1 aliphatic rings. The molecule has 1 saturated heterocycles. The standard InChI is InChI=1S/C19H28ClN3O2/c1-4-25-18(24)6-5-15-11-17(20)19(21-12-15)22-16-7-9-23(10-8-16)13-14(2)3/h5-6,11-12,14,16H,4,7-10,13H2,1-3H3,(H,21,22). The minimum atomic E-state index is -0.367. The number of ether oxygens (including phenoxy) is 1. The molecule has 0 unspecified atom stereocenters. The Hall–Kier alpha value is -1.59. The molecule has 138 valence electrons. The van der Waals surface area contributed by atoms with Crippen LogP contribution in [0, 0.1) is 5.92 Å². The van der Waals surface area contributed by atoms with Crippen molar-refractivity contribution >= 4 is 29.5 Å². The number of hydrogen-bond acceptors (Lipinski definition) is 5. The van der Waals surface area contributed by atoms with E-state index in [4.69, 9.17) is 16.3 Å².